The lowest BCUT2D eigenvalue weighted by molar-refractivity contribution is 0.0693. The number of aromatic carboxylic acids is 1. The molecule has 0 amide bonds. The molecule has 0 radical (unpaired) electrons. The summed E-state index contributed by atoms with van der Waals surface area (Å²) >= 11 is 1.93. The highest BCUT2D eigenvalue weighted by Gasteiger charge is 2.15. The van der Waals surface area contributed by atoms with E-state index in [0.29, 0.717) is 5.75 Å². The normalized spacial score (nSPS) is 15.6. The second-order valence-corrected chi connectivity index (χ2v) is 6.04. The number of rotatable bonds is 6. The molecule has 1 aromatic rings. The van der Waals surface area contributed by atoms with Gasteiger partial charge in [0.1, 0.15) is 11.3 Å². The van der Waals surface area contributed by atoms with Crippen molar-refractivity contribution in [2.24, 2.45) is 5.92 Å². The lowest BCUT2D eigenvalue weighted by Crippen LogP contribution is -2.01. The van der Waals surface area contributed by atoms with Crippen LogP contribution in [-0.2, 0) is 5.75 Å². The summed E-state index contributed by atoms with van der Waals surface area (Å²) in [6.07, 6.45) is 5.50. The van der Waals surface area contributed by atoms with Crippen molar-refractivity contribution >= 4 is 17.7 Å². The average Bonchev–Trinajstić information content (AvgIpc) is 2.91. The number of thioether (sulfide) groups is 1. The Morgan fingerprint density at radius 1 is 1.42 bits per heavy atom. The van der Waals surface area contributed by atoms with Crippen LogP contribution in [0.25, 0.3) is 0 Å². The van der Waals surface area contributed by atoms with E-state index in [0.717, 1.165) is 17.2 Å². The van der Waals surface area contributed by atoms with Gasteiger partial charge in [0.15, 0.2) is 0 Å². The Kier molecular flexibility index (Phi) is 5.14. The van der Waals surface area contributed by atoms with Gasteiger partial charge in [0, 0.05) is 5.75 Å². The molecule has 0 saturated heterocycles. The zero-order chi connectivity index (χ0) is 13.7. The maximum Gasteiger partial charge on any atom is 0.339 e. The van der Waals surface area contributed by atoms with Gasteiger partial charge in [-0.3, -0.25) is 0 Å². The Balaban J connectivity index is 1.91. The number of ether oxygens (including phenoxy) is 1. The van der Waals surface area contributed by atoms with Crippen molar-refractivity contribution < 1.29 is 14.6 Å². The van der Waals surface area contributed by atoms with Gasteiger partial charge in [-0.15, -0.1) is 0 Å². The van der Waals surface area contributed by atoms with Crippen LogP contribution < -0.4 is 4.74 Å². The molecule has 0 aromatic heterocycles. The zero-order valence-electron chi connectivity index (χ0n) is 11.2. The van der Waals surface area contributed by atoms with Crippen LogP contribution in [0.15, 0.2) is 18.2 Å². The molecular weight excluding hydrogens is 260 g/mol. The molecule has 0 aliphatic heterocycles. The Morgan fingerprint density at radius 2 is 2.16 bits per heavy atom. The van der Waals surface area contributed by atoms with Crippen LogP contribution in [0.2, 0.25) is 0 Å². The van der Waals surface area contributed by atoms with Gasteiger partial charge in [-0.25, -0.2) is 4.79 Å². The third kappa shape index (κ3) is 3.90. The molecule has 1 aliphatic carbocycles. The molecule has 1 N–H and O–H groups in total. The van der Waals surface area contributed by atoms with E-state index in [1.54, 1.807) is 6.07 Å². The fraction of sp³-hybridized carbons (Fsp3) is 0.533. The lowest BCUT2D eigenvalue weighted by atomic mass is 10.1. The molecule has 1 fully saturated rings. The maximum atomic E-state index is 11.0. The highest BCUT2D eigenvalue weighted by molar-refractivity contribution is 7.98. The lowest BCUT2D eigenvalue weighted by Gasteiger charge is -2.10. The van der Waals surface area contributed by atoms with Gasteiger partial charge in [0.05, 0.1) is 7.11 Å². The molecule has 0 unspecified atom stereocenters. The van der Waals surface area contributed by atoms with Crippen molar-refractivity contribution in [3.63, 3.8) is 0 Å². The molecule has 19 heavy (non-hydrogen) atoms. The summed E-state index contributed by atoms with van der Waals surface area (Å²) in [5.74, 6) is 2.52. The standard InChI is InChI=1S/C15H20O3S/c1-18-14-8-12(6-7-13(14)15(16)17)10-19-9-11-4-2-3-5-11/h6-8,11H,2-5,9-10H2,1H3,(H,16,17). The van der Waals surface area contributed by atoms with Crippen LogP contribution in [0.1, 0.15) is 41.6 Å². The van der Waals surface area contributed by atoms with Crippen LogP contribution in [0.5, 0.6) is 5.75 Å². The SMILES string of the molecule is COc1cc(CSCC2CCCC2)ccc1C(=O)O. The topological polar surface area (TPSA) is 46.5 Å². The van der Waals surface area contributed by atoms with E-state index in [9.17, 15) is 4.79 Å². The van der Waals surface area contributed by atoms with Gasteiger partial charge in [0.2, 0.25) is 0 Å². The Hall–Kier alpha value is -1.16. The van der Waals surface area contributed by atoms with Crippen molar-refractivity contribution in [1.82, 2.24) is 0 Å². The molecule has 0 heterocycles. The third-order valence-corrected chi connectivity index (χ3v) is 4.84. The maximum absolute atomic E-state index is 11.0. The van der Waals surface area contributed by atoms with Gasteiger partial charge < -0.3 is 9.84 Å². The number of hydrogen-bond acceptors (Lipinski definition) is 3. The summed E-state index contributed by atoms with van der Waals surface area (Å²) in [5, 5.41) is 9.02. The third-order valence-electron chi connectivity index (χ3n) is 3.59. The predicted octanol–water partition coefficient (Wildman–Crippen LogP) is 3.82. The van der Waals surface area contributed by atoms with Crippen molar-refractivity contribution in [3.05, 3.63) is 29.3 Å². The minimum Gasteiger partial charge on any atom is -0.496 e. The van der Waals surface area contributed by atoms with Crippen LogP contribution in [0, 0.1) is 5.92 Å². The van der Waals surface area contributed by atoms with Crippen LogP contribution in [0.4, 0.5) is 0 Å². The predicted molar refractivity (Wildman–Crippen MR) is 78.1 cm³/mol. The molecule has 0 atom stereocenters. The first kappa shape index (κ1) is 14.3. The molecule has 0 spiro atoms. The van der Waals surface area contributed by atoms with Crippen molar-refractivity contribution in [2.45, 2.75) is 31.4 Å². The van der Waals surface area contributed by atoms with Crippen molar-refractivity contribution in [2.75, 3.05) is 12.9 Å². The quantitative estimate of drug-likeness (QED) is 0.860. The molecule has 4 heteroatoms. The van der Waals surface area contributed by atoms with Crippen LogP contribution in [0.3, 0.4) is 0 Å². The summed E-state index contributed by atoms with van der Waals surface area (Å²) in [7, 11) is 1.51. The minimum atomic E-state index is -0.943. The van der Waals surface area contributed by atoms with Crippen molar-refractivity contribution in [1.29, 1.82) is 0 Å². The molecule has 104 valence electrons. The first-order chi connectivity index (χ1) is 9.20. The first-order valence-electron chi connectivity index (χ1n) is 6.68. The molecule has 3 nitrogen and oxygen atoms in total. The molecule has 0 bridgehead atoms. The van der Waals surface area contributed by atoms with E-state index < -0.39 is 5.97 Å². The Bertz CT molecular complexity index is 439. The molecule has 2 rings (SSSR count). The Labute approximate surface area is 118 Å². The summed E-state index contributed by atoms with van der Waals surface area (Å²) in [4.78, 5) is 11.0. The fourth-order valence-corrected chi connectivity index (χ4v) is 3.72. The number of hydrogen-bond donors (Lipinski definition) is 1. The number of carboxylic acid groups (broad SMARTS) is 1. The highest BCUT2D eigenvalue weighted by Crippen LogP contribution is 2.30. The van der Waals surface area contributed by atoms with Crippen LogP contribution >= 0.6 is 11.8 Å². The second-order valence-electron chi connectivity index (χ2n) is 5.01. The molecule has 1 aromatic carbocycles. The van der Waals surface area contributed by atoms with E-state index in [1.807, 2.05) is 23.9 Å². The summed E-state index contributed by atoms with van der Waals surface area (Å²) < 4.78 is 5.14. The fourth-order valence-electron chi connectivity index (χ4n) is 2.52. The van der Waals surface area contributed by atoms with Gasteiger partial charge >= 0.3 is 5.97 Å². The average molecular weight is 280 g/mol. The summed E-state index contributed by atoms with van der Waals surface area (Å²) in [5.41, 5.74) is 1.36. The van der Waals surface area contributed by atoms with Gasteiger partial charge in [-0.2, -0.15) is 11.8 Å². The van der Waals surface area contributed by atoms with E-state index in [4.69, 9.17) is 9.84 Å². The van der Waals surface area contributed by atoms with Gasteiger partial charge in [-0.1, -0.05) is 18.9 Å². The van der Waals surface area contributed by atoms with Gasteiger partial charge in [0.25, 0.3) is 0 Å². The minimum absolute atomic E-state index is 0.229. The molecule has 1 saturated carbocycles. The molecular formula is C15H20O3S. The number of carboxylic acids is 1. The largest absolute Gasteiger partial charge is 0.496 e. The van der Waals surface area contributed by atoms with E-state index in [-0.39, 0.29) is 5.56 Å². The van der Waals surface area contributed by atoms with E-state index in [2.05, 4.69) is 0 Å². The number of methoxy groups -OCH3 is 1. The highest BCUT2D eigenvalue weighted by atomic mass is 32.2. The Morgan fingerprint density at radius 3 is 2.79 bits per heavy atom. The number of benzene rings is 1. The second kappa shape index (κ2) is 6.85. The van der Waals surface area contributed by atoms with Gasteiger partial charge in [-0.05, 0) is 42.2 Å². The monoisotopic (exact) mass is 280 g/mol. The zero-order valence-corrected chi connectivity index (χ0v) is 12.0. The first-order valence-corrected chi connectivity index (χ1v) is 7.84. The van der Waals surface area contributed by atoms with E-state index >= 15 is 0 Å². The van der Waals surface area contributed by atoms with E-state index in [1.165, 1.54) is 38.5 Å². The summed E-state index contributed by atoms with van der Waals surface area (Å²) in [6, 6.07) is 5.35. The summed E-state index contributed by atoms with van der Waals surface area (Å²) in [6.45, 7) is 0. The smallest absolute Gasteiger partial charge is 0.339 e. The van der Waals surface area contributed by atoms with Crippen LogP contribution in [-0.4, -0.2) is 23.9 Å². The number of carbonyl (C=O) groups is 1. The van der Waals surface area contributed by atoms with Crippen molar-refractivity contribution in [3.8, 4) is 5.75 Å². The molecule has 1 aliphatic rings.